The van der Waals surface area contributed by atoms with Gasteiger partial charge in [0.25, 0.3) is 5.91 Å². The molecule has 1 heterocycles. The van der Waals surface area contributed by atoms with E-state index in [2.05, 4.69) is 61.1 Å². The van der Waals surface area contributed by atoms with Crippen LogP contribution in [0.1, 0.15) is 59.1 Å². The van der Waals surface area contributed by atoms with Gasteiger partial charge in [-0.1, -0.05) is 60.4 Å². The molecule has 1 aliphatic carbocycles. The summed E-state index contributed by atoms with van der Waals surface area (Å²) in [4.78, 5) is 19.5. The first kappa shape index (κ1) is 24.2. The third kappa shape index (κ3) is 5.59. The normalized spacial score (nSPS) is 16.1. The Hall–Kier alpha value is -1.95. The Balaban J connectivity index is 1.70. The van der Waals surface area contributed by atoms with Crippen molar-refractivity contribution >= 4 is 61.7 Å². The molecule has 1 amide bonds. The molecule has 0 saturated heterocycles. The topological polar surface area (TPSA) is 41.5 Å². The monoisotopic (exact) mass is 542 g/mol. The third-order valence-electron chi connectivity index (χ3n) is 6.33. The molecule has 0 fully saturated rings. The van der Waals surface area contributed by atoms with Crippen molar-refractivity contribution in [2.24, 2.45) is 16.3 Å². The number of nitrogens with one attached hydrogen (secondary N) is 1. The number of nitrogens with zero attached hydrogens (tertiary/aromatic N) is 1. The summed E-state index contributed by atoms with van der Waals surface area (Å²) >= 11 is 11.3. The van der Waals surface area contributed by atoms with Crippen molar-refractivity contribution in [1.29, 1.82) is 0 Å². The highest BCUT2D eigenvalue weighted by atomic mass is 79.9. The van der Waals surface area contributed by atoms with Gasteiger partial charge in [0.05, 0.1) is 5.56 Å². The molecule has 33 heavy (non-hydrogen) atoms. The number of amides is 1. The van der Waals surface area contributed by atoms with Crippen LogP contribution in [-0.4, -0.2) is 12.1 Å². The van der Waals surface area contributed by atoms with Gasteiger partial charge in [-0.2, -0.15) is 0 Å². The van der Waals surface area contributed by atoms with Gasteiger partial charge in [0, 0.05) is 26.3 Å². The number of halogens is 2. The highest BCUT2D eigenvalue weighted by Gasteiger charge is 2.33. The average molecular weight is 544 g/mol. The number of fused-ring (bicyclic) bond motifs is 1. The van der Waals surface area contributed by atoms with Crippen molar-refractivity contribution in [3.63, 3.8) is 0 Å². The largest absolute Gasteiger partial charge is 0.322 e. The summed E-state index contributed by atoms with van der Waals surface area (Å²) in [6.45, 7) is 8.97. The fraction of sp³-hybridized carbons (Fsp3) is 0.333. The summed E-state index contributed by atoms with van der Waals surface area (Å²) in [5.74, 6) is 0.488. The zero-order valence-electron chi connectivity index (χ0n) is 19.3. The van der Waals surface area contributed by atoms with Crippen LogP contribution < -0.4 is 5.32 Å². The summed E-state index contributed by atoms with van der Waals surface area (Å²) < 4.78 is 1.05. The summed E-state index contributed by atoms with van der Waals surface area (Å²) in [7, 11) is 0. The minimum atomic E-state index is -0.110. The van der Waals surface area contributed by atoms with E-state index in [0.29, 0.717) is 16.5 Å². The van der Waals surface area contributed by atoms with Gasteiger partial charge in [-0.25, -0.2) is 4.99 Å². The number of carbonyl (C=O) groups excluding carboxylic acids is 1. The average Bonchev–Trinajstić information content (AvgIpc) is 3.13. The van der Waals surface area contributed by atoms with Gasteiger partial charge >= 0.3 is 0 Å². The van der Waals surface area contributed by atoms with Gasteiger partial charge in [0.15, 0.2) is 0 Å². The minimum absolute atomic E-state index is 0.110. The van der Waals surface area contributed by atoms with Crippen LogP contribution in [0.4, 0.5) is 10.7 Å². The lowest BCUT2D eigenvalue weighted by Crippen LogP contribution is -2.27. The van der Waals surface area contributed by atoms with Crippen molar-refractivity contribution in [3.05, 3.63) is 79.1 Å². The van der Waals surface area contributed by atoms with Crippen molar-refractivity contribution in [2.75, 3.05) is 5.32 Å². The first-order valence-corrected chi connectivity index (χ1v) is 13.1. The van der Waals surface area contributed by atoms with Crippen LogP contribution >= 0.6 is 38.9 Å². The maximum absolute atomic E-state index is 13.4. The van der Waals surface area contributed by atoms with Gasteiger partial charge in [-0.3, -0.25) is 4.79 Å². The van der Waals surface area contributed by atoms with Crippen LogP contribution in [0.15, 0.2) is 51.9 Å². The number of thiophene rings is 1. The van der Waals surface area contributed by atoms with Crippen molar-refractivity contribution in [2.45, 2.75) is 47.0 Å². The summed E-state index contributed by atoms with van der Waals surface area (Å²) in [5, 5.41) is 4.46. The van der Waals surface area contributed by atoms with Crippen LogP contribution in [0.2, 0.25) is 5.02 Å². The Morgan fingerprint density at radius 1 is 1.21 bits per heavy atom. The van der Waals surface area contributed by atoms with E-state index in [1.54, 1.807) is 23.5 Å². The molecular weight excluding hydrogens is 516 g/mol. The fourth-order valence-electron chi connectivity index (χ4n) is 4.19. The second kappa shape index (κ2) is 9.73. The number of anilines is 1. The van der Waals surface area contributed by atoms with E-state index >= 15 is 0 Å². The third-order valence-corrected chi connectivity index (χ3v) is 8.60. The van der Waals surface area contributed by atoms with Gasteiger partial charge in [-0.05, 0) is 84.5 Å². The maximum Gasteiger partial charge on any atom is 0.259 e. The lowest BCUT2D eigenvalue weighted by Gasteiger charge is -2.33. The Labute approximate surface area is 213 Å². The summed E-state index contributed by atoms with van der Waals surface area (Å²) in [6, 6.07) is 13.4. The van der Waals surface area contributed by atoms with Gasteiger partial charge in [0.1, 0.15) is 5.00 Å². The summed E-state index contributed by atoms with van der Waals surface area (Å²) in [6.07, 6.45) is 4.84. The highest BCUT2D eigenvalue weighted by Crippen LogP contribution is 2.45. The van der Waals surface area contributed by atoms with E-state index in [9.17, 15) is 4.79 Å². The van der Waals surface area contributed by atoms with Crippen LogP contribution in [0, 0.1) is 18.3 Å². The standard InChI is InChI=1S/C27H28BrClN2OS/c1-16-5-6-17(13-22(16)28)15-30-26-24(25(32)31-20-10-8-19(29)9-11-20)21-12-7-18(27(2,3)4)14-23(21)33-26/h5-6,8-11,13,15,18H,7,12,14H2,1-4H3,(H,31,32)/t18-/m0/s1. The molecule has 4 rings (SSSR count). The molecule has 0 saturated carbocycles. The Kier molecular flexibility index (Phi) is 7.13. The second-order valence-electron chi connectivity index (χ2n) is 9.72. The molecule has 172 valence electrons. The molecule has 2 aromatic carbocycles. The predicted molar refractivity (Wildman–Crippen MR) is 145 cm³/mol. The Morgan fingerprint density at radius 2 is 1.94 bits per heavy atom. The second-order valence-corrected chi connectivity index (χ2v) is 12.1. The fourth-order valence-corrected chi connectivity index (χ4v) is 5.98. The first-order chi connectivity index (χ1) is 15.6. The number of aliphatic imine (C=N–C) groups is 1. The molecule has 6 heteroatoms. The molecule has 0 bridgehead atoms. The molecule has 0 unspecified atom stereocenters. The van der Waals surface area contributed by atoms with E-state index in [1.807, 2.05) is 24.4 Å². The molecule has 1 N–H and O–H groups in total. The molecule has 0 aliphatic heterocycles. The number of rotatable bonds is 4. The number of hydrogen-bond acceptors (Lipinski definition) is 3. The molecule has 0 spiro atoms. The van der Waals surface area contributed by atoms with E-state index in [0.717, 1.165) is 45.6 Å². The van der Waals surface area contributed by atoms with E-state index in [4.69, 9.17) is 16.6 Å². The maximum atomic E-state index is 13.4. The number of benzene rings is 2. The van der Waals surface area contributed by atoms with E-state index in [1.165, 1.54) is 10.4 Å². The smallest absolute Gasteiger partial charge is 0.259 e. The van der Waals surface area contributed by atoms with E-state index in [-0.39, 0.29) is 11.3 Å². The van der Waals surface area contributed by atoms with Crippen LogP contribution in [0.25, 0.3) is 0 Å². The quantitative estimate of drug-likeness (QED) is 0.329. The van der Waals surface area contributed by atoms with Crippen LogP contribution in [0.3, 0.4) is 0 Å². The van der Waals surface area contributed by atoms with Gasteiger partial charge in [0.2, 0.25) is 0 Å². The zero-order valence-corrected chi connectivity index (χ0v) is 22.5. The Bertz CT molecular complexity index is 1210. The minimum Gasteiger partial charge on any atom is -0.322 e. The molecule has 0 radical (unpaired) electrons. The van der Waals surface area contributed by atoms with Crippen molar-refractivity contribution in [3.8, 4) is 0 Å². The van der Waals surface area contributed by atoms with Gasteiger partial charge < -0.3 is 5.32 Å². The molecule has 1 aromatic heterocycles. The zero-order chi connectivity index (χ0) is 23.8. The van der Waals surface area contributed by atoms with Crippen molar-refractivity contribution < 1.29 is 4.79 Å². The predicted octanol–water partition coefficient (Wildman–Crippen LogP) is 8.63. The molecule has 1 atom stereocenters. The highest BCUT2D eigenvalue weighted by molar-refractivity contribution is 9.10. The number of hydrogen-bond donors (Lipinski definition) is 1. The molecule has 3 nitrogen and oxygen atoms in total. The summed E-state index contributed by atoms with van der Waals surface area (Å²) in [5.41, 5.74) is 5.00. The molecule has 1 aliphatic rings. The van der Waals surface area contributed by atoms with Crippen LogP contribution in [-0.2, 0) is 12.8 Å². The molecular formula is C27H28BrClN2OS. The van der Waals surface area contributed by atoms with Crippen LogP contribution in [0.5, 0.6) is 0 Å². The Morgan fingerprint density at radius 3 is 2.61 bits per heavy atom. The van der Waals surface area contributed by atoms with E-state index < -0.39 is 0 Å². The molecule has 3 aromatic rings. The SMILES string of the molecule is Cc1ccc(C=Nc2sc3c(c2C(=O)Nc2ccc(Cl)cc2)CC[C@H](C(C)(C)C)C3)cc1Br. The lowest BCUT2D eigenvalue weighted by molar-refractivity contribution is 0.102. The first-order valence-electron chi connectivity index (χ1n) is 11.1. The number of carbonyl (C=O) groups is 1. The number of aryl methyl sites for hydroxylation is 1. The van der Waals surface area contributed by atoms with Gasteiger partial charge in [-0.15, -0.1) is 11.3 Å². The lowest BCUT2D eigenvalue weighted by atomic mass is 9.72. The van der Waals surface area contributed by atoms with Crippen molar-refractivity contribution in [1.82, 2.24) is 0 Å².